The lowest BCUT2D eigenvalue weighted by atomic mass is 10.2. The summed E-state index contributed by atoms with van der Waals surface area (Å²) in [6, 6.07) is 2.21. The number of halogens is 2. The highest BCUT2D eigenvalue weighted by molar-refractivity contribution is 7.89. The van der Waals surface area contributed by atoms with Gasteiger partial charge in [-0.3, -0.25) is 0 Å². The highest BCUT2D eigenvalue weighted by Crippen LogP contribution is 2.36. The van der Waals surface area contributed by atoms with Crippen molar-refractivity contribution < 1.29 is 17.2 Å². The Bertz CT molecular complexity index is 628. The molecule has 1 aliphatic carbocycles. The van der Waals surface area contributed by atoms with Crippen LogP contribution in [0.4, 0.5) is 8.78 Å². The van der Waals surface area contributed by atoms with Gasteiger partial charge in [-0.2, -0.15) is 0 Å². The van der Waals surface area contributed by atoms with Gasteiger partial charge in [0.05, 0.1) is 0 Å². The maximum atomic E-state index is 13.8. The molecule has 4 nitrogen and oxygen atoms in total. The van der Waals surface area contributed by atoms with Crippen LogP contribution in [0.1, 0.15) is 38.7 Å². The van der Waals surface area contributed by atoms with Crippen LogP contribution in [-0.4, -0.2) is 20.5 Å². The van der Waals surface area contributed by atoms with Crippen molar-refractivity contribution in [3.63, 3.8) is 0 Å². The molecule has 118 valence electrons. The molecular weight excluding hydrogens is 298 g/mol. The van der Waals surface area contributed by atoms with Crippen molar-refractivity contribution >= 4 is 10.0 Å². The first-order valence-corrected chi connectivity index (χ1v) is 8.48. The molecule has 1 saturated carbocycles. The number of benzene rings is 1. The van der Waals surface area contributed by atoms with Gasteiger partial charge in [0.1, 0.15) is 4.90 Å². The van der Waals surface area contributed by atoms with Crippen molar-refractivity contribution in [1.29, 1.82) is 0 Å². The minimum absolute atomic E-state index is 0.296. The summed E-state index contributed by atoms with van der Waals surface area (Å²) >= 11 is 0. The van der Waals surface area contributed by atoms with E-state index >= 15 is 0 Å². The summed E-state index contributed by atoms with van der Waals surface area (Å²) < 4.78 is 54.3. The molecule has 0 unspecified atom stereocenters. The second-order valence-corrected chi connectivity index (χ2v) is 7.38. The molecule has 0 spiro atoms. The molecule has 0 aromatic heterocycles. The maximum Gasteiger partial charge on any atom is 0.244 e. The molecule has 1 aromatic rings. The second-order valence-electron chi connectivity index (χ2n) is 5.73. The Morgan fingerprint density at radius 3 is 2.52 bits per heavy atom. The van der Waals surface area contributed by atoms with Crippen molar-refractivity contribution in [3.05, 3.63) is 29.3 Å². The first kappa shape index (κ1) is 16.3. The Hall–Kier alpha value is -1.05. The topological polar surface area (TPSA) is 58.2 Å². The molecule has 0 heterocycles. The van der Waals surface area contributed by atoms with E-state index in [1.807, 2.05) is 6.92 Å². The van der Waals surface area contributed by atoms with E-state index in [0.29, 0.717) is 24.9 Å². The lowest BCUT2D eigenvalue weighted by Crippen LogP contribution is -2.35. The van der Waals surface area contributed by atoms with Crippen LogP contribution >= 0.6 is 0 Å². The summed E-state index contributed by atoms with van der Waals surface area (Å²) in [5.74, 6) is -2.47. The molecule has 1 aromatic carbocycles. The molecule has 1 fully saturated rings. The minimum Gasteiger partial charge on any atom is -0.313 e. The SMILES string of the molecule is CCCNCc1cc(F)c(F)c(S(=O)(=O)NC2(C)CC2)c1. The fourth-order valence-electron chi connectivity index (χ4n) is 1.99. The highest BCUT2D eigenvalue weighted by Gasteiger charge is 2.42. The van der Waals surface area contributed by atoms with Gasteiger partial charge in [-0.05, 0) is 50.4 Å². The quantitative estimate of drug-likeness (QED) is 0.759. The van der Waals surface area contributed by atoms with Crippen LogP contribution in [0.5, 0.6) is 0 Å². The van der Waals surface area contributed by atoms with E-state index in [0.717, 1.165) is 19.0 Å². The number of sulfonamides is 1. The maximum absolute atomic E-state index is 13.8. The third-order valence-electron chi connectivity index (χ3n) is 3.48. The number of nitrogens with one attached hydrogen (secondary N) is 2. The normalized spacial score (nSPS) is 17.0. The Balaban J connectivity index is 2.28. The first-order chi connectivity index (χ1) is 9.77. The van der Waals surface area contributed by atoms with Crippen LogP contribution in [0.3, 0.4) is 0 Å². The zero-order valence-corrected chi connectivity index (χ0v) is 13.0. The predicted octanol–water partition coefficient (Wildman–Crippen LogP) is 2.30. The third-order valence-corrected chi connectivity index (χ3v) is 5.12. The molecule has 2 N–H and O–H groups in total. The highest BCUT2D eigenvalue weighted by atomic mass is 32.2. The van der Waals surface area contributed by atoms with Gasteiger partial charge in [-0.15, -0.1) is 0 Å². The van der Waals surface area contributed by atoms with E-state index < -0.39 is 32.1 Å². The van der Waals surface area contributed by atoms with Crippen LogP contribution in [0.25, 0.3) is 0 Å². The third kappa shape index (κ3) is 3.99. The Kier molecular flexibility index (Phi) is 4.65. The van der Waals surface area contributed by atoms with E-state index in [1.54, 1.807) is 6.92 Å². The average molecular weight is 318 g/mol. The molecule has 0 saturated heterocycles. The van der Waals surface area contributed by atoms with E-state index in [9.17, 15) is 17.2 Å². The summed E-state index contributed by atoms with van der Waals surface area (Å²) in [5.41, 5.74) is -0.123. The molecule has 0 bridgehead atoms. The fourth-order valence-corrected chi connectivity index (χ4v) is 3.60. The van der Waals surface area contributed by atoms with E-state index in [2.05, 4.69) is 10.0 Å². The standard InChI is InChI=1S/C14H20F2N2O2S/c1-3-6-17-9-10-7-11(15)13(16)12(8-10)21(19,20)18-14(2)4-5-14/h7-8,17-18H,3-6,9H2,1-2H3. The van der Waals surface area contributed by atoms with Crippen LogP contribution in [0, 0.1) is 11.6 Å². The molecule has 0 amide bonds. The monoisotopic (exact) mass is 318 g/mol. The van der Waals surface area contributed by atoms with E-state index in [4.69, 9.17) is 0 Å². The molecule has 7 heteroatoms. The van der Waals surface area contributed by atoms with Gasteiger partial charge in [-0.25, -0.2) is 21.9 Å². The molecule has 0 atom stereocenters. The molecule has 21 heavy (non-hydrogen) atoms. The molecule has 0 radical (unpaired) electrons. The molecule has 2 rings (SSSR count). The summed E-state index contributed by atoms with van der Waals surface area (Å²) in [6.45, 7) is 4.74. The number of hydrogen-bond acceptors (Lipinski definition) is 3. The van der Waals surface area contributed by atoms with Gasteiger partial charge in [-0.1, -0.05) is 6.92 Å². The second kappa shape index (κ2) is 5.98. The lowest BCUT2D eigenvalue weighted by Gasteiger charge is -2.14. The van der Waals surface area contributed by atoms with Crippen LogP contribution in [0.15, 0.2) is 17.0 Å². The van der Waals surface area contributed by atoms with Crippen LogP contribution in [-0.2, 0) is 16.6 Å². The minimum atomic E-state index is -4.05. The summed E-state index contributed by atoms with van der Waals surface area (Å²) in [5, 5.41) is 3.03. The van der Waals surface area contributed by atoms with Gasteiger partial charge in [0.25, 0.3) is 0 Å². The molecular formula is C14H20F2N2O2S. The zero-order chi connectivity index (χ0) is 15.7. The van der Waals surface area contributed by atoms with Crippen molar-refractivity contribution in [3.8, 4) is 0 Å². The molecule has 0 aliphatic heterocycles. The Morgan fingerprint density at radius 1 is 1.29 bits per heavy atom. The van der Waals surface area contributed by atoms with Crippen LogP contribution in [0.2, 0.25) is 0 Å². The van der Waals surface area contributed by atoms with Gasteiger partial charge < -0.3 is 5.32 Å². The Labute approximate surface area is 124 Å². The number of hydrogen-bond donors (Lipinski definition) is 2. The zero-order valence-electron chi connectivity index (χ0n) is 12.2. The van der Waals surface area contributed by atoms with E-state index in [1.165, 1.54) is 6.07 Å². The van der Waals surface area contributed by atoms with Crippen molar-refractivity contribution in [1.82, 2.24) is 10.0 Å². The van der Waals surface area contributed by atoms with Gasteiger partial charge >= 0.3 is 0 Å². The van der Waals surface area contributed by atoms with Gasteiger partial charge in [0, 0.05) is 12.1 Å². The van der Waals surface area contributed by atoms with Crippen molar-refractivity contribution in [2.45, 2.75) is 50.1 Å². The average Bonchev–Trinajstić information content (AvgIpc) is 3.10. The summed E-state index contributed by atoms with van der Waals surface area (Å²) in [4.78, 5) is -0.621. The summed E-state index contributed by atoms with van der Waals surface area (Å²) in [6.07, 6.45) is 2.30. The Morgan fingerprint density at radius 2 is 1.95 bits per heavy atom. The van der Waals surface area contributed by atoms with Gasteiger partial charge in [0.2, 0.25) is 10.0 Å². The first-order valence-electron chi connectivity index (χ1n) is 7.00. The van der Waals surface area contributed by atoms with Gasteiger partial charge in [0.15, 0.2) is 11.6 Å². The van der Waals surface area contributed by atoms with E-state index in [-0.39, 0.29) is 0 Å². The molecule has 1 aliphatic rings. The van der Waals surface area contributed by atoms with Crippen LogP contribution < -0.4 is 10.0 Å². The van der Waals surface area contributed by atoms with Crippen molar-refractivity contribution in [2.24, 2.45) is 0 Å². The smallest absolute Gasteiger partial charge is 0.244 e. The number of rotatable bonds is 7. The fraction of sp³-hybridized carbons (Fsp3) is 0.571. The largest absolute Gasteiger partial charge is 0.313 e. The summed E-state index contributed by atoms with van der Waals surface area (Å²) in [7, 11) is -4.05. The lowest BCUT2D eigenvalue weighted by molar-refractivity contribution is 0.478. The predicted molar refractivity (Wildman–Crippen MR) is 76.3 cm³/mol. The van der Waals surface area contributed by atoms with Crippen molar-refractivity contribution in [2.75, 3.05) is 6.54 Å².